The molecular weight excluding hydrogens is 436 g/mol. The average molecular weight is 459 g/mol. The number of ether oxygens (including phenoxy) is 1. The second-order valence-corrected chi connectivity index (χ2v) is 7.36. The Morgan fingerprint density at radius 3 is 2.52 bits per heavy atom. The first-order valence-electron chi connectivity index (χ1n) is 10.3. The van der Waals surface area contributed by atoms with Gasteiger partial charge in [-0.2, -0.15) is 0 Å². The Labute approximate surface area is 188 Å². The summed E-state index contributed by atoms with van der Waals surface area (Å²) >= 11 is 0. The monoisotopic (exact) mass is 459 g/mol. The Bertz CT molecular complexity index is 1140. The molecule has 0 spiro atoms. The minimum absolute atomic E-state index is 0.313. The fourth-order valence-corrected chi connectivity index (χ4v) is 3.38. The number of hydrogen-bond acceptors (Lipinski definition) is 5. The summed E-state index contributed by atoms with van der Waals surface area (Å²) < 4.78 is 35.3. The molecule has 33 heavy (non-hydrogen) atoms. The number of nitrogens with one attached hydrogen (secondary N) is 1. The van der Waals surface area contributed by atoms with Gasteiger partial charge in [-0.15, -0.1) is 5.10 Å². The maximum Gasteiger partial charge on any atom is 0.328 e. The maximum absolute atomic E-state index is 14.2. The van der Waals surface area contributed by atoms with Crippen LogP contribution in [0.3, 0.4) is 0 Å². The van der Waals surface area contributed by atoms with Crippen molar-refractivity contribution in [3.8, 4) is 11.6 Å². The van der Waals surface area contributed by atoms with Crippen LogP contribution < -0.4 is 10.1 Å². The third kappa shape index (κ3) is 6.59. The minimum Gasteiger partial charge on any atom is -0.478 e. The SMILES string of the molecule is Fc1ccc2c(c1)c(OC[C@@H]1CCCNC1)nn2-c1ccccc1F.O=C(O)C=CC(=O)O. The number of carboxylic acid groups (broad SMARTS) is 2. The number of para-hydroxylation sites is 1. The smallest absolute Gasteiger partial charge is 0.328 e. The molecule has 3 aromatic rings. The topological polar surface area (TPSA) is 114 Å². The first-order chi connectivity index (χ1) is 15.8. The number of rotatable bonds is 6. The Morgan fingerprint density at radius 1 is 1.15 bits per heavy atom. The lowest BCUT2D eigenvalue weighted by Gasteiger charge is -2.22. The van der Waals surface area contributed by atoms with Crippen LogP contribution in [0.2, 0.25) is 0 Å². The van der Waals surface area contributed by atoms with Gasteiger partial charge in [0.2, 0.25) is 5.88 Å². The number of fused-ring (bicyclic) bond motifs is 1. The van der Waals surface area contributed by atoms with Crippen LogP contribution in [0.1, 0.15) is 12.8 Å². The molecule has 3 N–H and O–H groups in total. The minimum atomic E-state index is -1.26. The van der Waals surface area contributed by atoms with Gasteiger partial charge in [0.1, 0.15) is 17.3 Å². The van der Waals surface area contributed by atoms with Crippen LogP contribution in [0.5, 0.6) is 5.88 Å². The summed E-state index contributed by atoms with van der Waals surface area (Å²) in [7, 11) is 0. The summed E-state index contributed by atoms with van der Waals surface area (Å²) in [6.45, 7) is 2.44. The van der Waals surface area contributed by atoms with Crippen molar-refractivity contribution in [2.24, 2.45) is 5.92 Å². The first-order valence-corrected chi connectivity index (χ1v) is 10.3. The molecule has 0 saturated carbocycles. The number of nitrogens with zero attached hydrogens (tertiary/aromatic N) is 2. The van der Waals surface area contributed by atoms with E-state index in [0.717, 1.165) is 25.9 Å². The van der Waals surface area contributed by atoms with Crippen LogP contribution in [-0.4, -0.2) is 51.6 Å². The number of aliphatic carboxylic acids is 2. The van der Waals surface area contributed by atoms with Crippen molar-refractivity contribution >= 4 is 22.8 Å². The highest BCUT2D eigenvalue weighted by atomic mass is 19.1. The highest BCUT2D eigenvalue weighted by Gasteiger charge is 2.19. The number of carbonyl (C=O) groups is 2. The van der Waals surface area contributed by atoms with E-state index < -0.39 is 11.9 Å². The third-order valence-corrected chi connectivity index (χ3v) is 4.91. The van der Waals surface area contributed by atoms with Crippen LogP contribution in [-0.2, 0) is 9.59 Å². The Kier molecular flexibility index (Phi) is 8.09. The van der Waals surface area contributed by atoms with E-state index in [0.29, 0.717) is 47.1 Å². The van der Waals surface area contributed by atoms with E-state index in [1.807, 2.05) is 0 Å². The number of benzene rings is 2. The van der Waals surface area contributed by atoms with Crippen LogP contribution in [0, 0.1) is 17.6 Å². The van der Waals surface area contributed by atoms with E-state index >= 15 is 0 Å². The average Bonchev–Trinajstić information content (AvgIpc) is 3.15. The van der Waals surface area contributed by atoms with E-state index in [-0.39, 0.29) is 11.6 Å². The Hall–Kier alpha value is -3.79. The standard InChI is InChI=1S/C19H19F2N3O.C4H4O4/c20-14-7-8-17-15(10-14)19(25-12-13-4-3-9-22-11-13)23-24(17)18-6-2-1-5-16(18)21;5-3(6)1-2-4(7)8/h1-2,5-8,10,13,22H,3-4,9,11-12H2;1-2H,(H,5,6)(H,7,8)/t13-;/m1./s1. The zero-order valence-electron chi connectivity index (χ0n) is 17.6. The molecule has 1 saturated heterocycles. The highest BCUT2D eigenvalue weighted by Crippen LogP contribution is 2.29. The number of hydrogen-bond donors (Lipinski definition) is 3. The second kappa shape index (κ2) is 11.2. The maximum atomic E-state index is 14.2. The van der Waals surface area contributed by atoms with E-state index in [9.17, 15) is 18.4 Å². The van der Waals surface area contributed by atoms with Crippen molar-refractivity contribution in [1.29, 1.82) is 0 Å². The highest BCUT2D eigenvalue weighted by molar-refractivity contribution is 5.89. The van der Waals surface area contributed by atoms with Crippen molar-refractivity contribution in [3.63, 3.8) is 0 Å². The van der Waals surface area contributed by atoms with Crippen molar-refractivity contribution in [1.82, 2.24) is 15.1 Å². The van der Waals surface area contributed by atoms with Gasteiger partial charge >= 0.3 is 11.9 Å². The van der Waals surface area contributed by atoms with Gasteiger partial charge in [0.25, 0.3) is 0 Å². The fraction of sp³-hybridized carbons (Fsp3) is 0.261. The van der Waals surface area contributed by atoms with Gasteiger partial charge in [0.05, 0.1) is 17.5 Å². The Balaban J connectivity index is 0.000000331. The number of halogens is 2. The molecule has 1 aliphatic rings. The second-order valence-electron chi connectivity index (χ2n) is 7.36. The lowest BCUT2D eigenvalue weighted by Crippen LogP contribution is -2.33. The molecule has 10 heteroatoms. The van der Waals surface area contributed by atoms with Crippen molar-refractivity contribution in [2.75, 3.05) is 19.7 Å². The summed E-state index contributed by atoms with van der Waals surface area (Å²) in [5.74, 6) is -2.54. The summed E-state index contributed by atoms with van der Waals surface area (Å²) in [5.41, 5.74) is 0.927. The fourth-order valence-electron chi connectivity index (χ4n) is 3.38. The third-order valence-electron chi connectivity index (χ3n) is 4.91. The molecule has 2 heterocycles. The van der Waals surface area contributed by atoms with Gasteiger partial charge in [-0.05, 0) is 49.7 Å². The quantitative estimate of drug-likeness (QED) is 0.484. The molecule has 1 aromatic heterocycles. The van der Waals surface area contributed by atoms with E-state index in [4.69, 9.17) is 14.9 Å². The lowest BCUT2D eigenvalue weighted by molar-refractivity contribution is -0.134. The molecule has 4 rings (SSSR count). The van der Waals surface area contributed by atoms with E-state index in [1.54, 1.807) is 24.3 Å². The molecule has 0 amide bonds. The molecule has 1 atom stereocenters. The van der Waals surface area contributed by atoms with E-state index in [2.05, 4.69) is 10.4 Å². The molecule has 174 valence electrons. The largest absolute Gasteiger partial charge is 0.478 e. The van der Waals surface area contributed by atoms with Crippen LogP contribution in [0.15, 0.2) is 54.6 Å². The molecule has 1 fully saturated rings. The van der Waals surface area contributed by atoms with Crippen molar-refractivity contribution in [3.05, 3.63) is 66.3 Å². The van der Waals surface area contributed by atoms with Gasteiger partial charge < -0.3 is 20.3 Å². The van der Waals surface area contributed by atoms with Gasteiger partial charge in [-0.3, -0.25) is 0 Å². The van der Waals surface area contributed by atoms with Gasteiger partial charge in [-0.1, -0.05) is 12.1 Å². The summed E-state index contributed by atoms with van der Waals surface area (Å²) in [4.78, 5) is 19.1. The summed E-state index contributed by atoms with van der Waals surface area (Å²) in [6.07, 6.45) is 3.32. The Morgan fingerprint density at radius 2 is 1.88 bits per heavy atom. The van der Waals surface area contributed by atoms with E-state index in [1.165, 1.54) is 22.9 Å². The number of carboxylic acids is 2. The van der Waals surface area contributed by atoms with Crippen LogP contribution in [0.4, 0.5) is 8.78 Å². The first kappa shape index (κ1) is 23.9. The molecule has 0 unspecified atom stereocenters. The van der Waals surface area contributed by atoms with Crippen molar-refractivity contribution in [2.45, 2.75) is 12.8 Å². The van der Waals surface area contributed by atoms with Gasteiger partial charge in [0.15, 0.2) is 0 Å². The zero-order chi connectivity index (χ0) is 23.8. The zero-order valence-corrected chi connectivity index (χ0v) is 17.6. The molecular formula is C23H23F2N3O5. The molecule has 0 radical (unpaired) electrons. The molecule has 1 aliphatic heterocycles. The predicted molar refractivity (Wildman–Crippen MR) is 116 cm³/mol. The molecule has 2 aromatic carbocycles. The molecule has 8 nitrogen and oxygen atoms in total. The molecule has 0 aliphatic carbocycles. The lowest BCUT2D eigenvalue weighted by atomic mass is 10.0. The number of aromatic nitrogens is 2. The molecule has 0 bridgehead atoms. The van der Waals surface area contributed by atoms with Gasteiger partial charge in [0, 0.05) is 24.6 Å². The summed E-state index contributed by atoms with van der Waals surface area (Å²) in [6, 6.07) is 10.7. The number of piperidine rings is 1. The van der Waals surface area contributed by atoms with Crippen molar-refractivity contribution < 1.29 is 33.3 Å². The van der Waals surface area contributed by atoms with Gasteiger partial charge in [-0.25, -0.2) is 23.1 Å². The predicted octanol–water partition coefficient (Wildman–Crippen LogP) is 3.39. The van der Waals surface area contributed by atoms with Crippen LogP contribution >= 0.6 is 0 Å². The normalized spacial score (nSPS) is 15.8. The van der Waals surface area contributed by atoms with Crippen LogP contribution in [0.25, 0.3) is 16.6 Å². The summed E-state index contributed by atoms with van der Waals surface area (Å²) in [5, 5.41) is 23.9.